The maximum Gasteiger partial charge on any atom is 0.259 e. The molecule has 0 aliphatic carbocycles. The third kappa shape index (κ3) is 4.67. The fourth-order valence-electron chi connectivity index (χ4n) is 4.20. The molecule has 0 bridgehead atoms. The van der Waals surface area contributed by atoms with Gasteiger partial charge in [0.05, 0.1) is 22.9 Å². The lowest BCUT2D eigenvalue weighted by atomic mass is 10.1. The zero-order valence-corrected chi connectivity index (χ0v) is 18.9. The number of nitrogens with one attached hydrogen (secondary N) is 1. The summed E-state index contributed by atoms with van der Waals surface area (Å²) in [6.45, 7) is 7.50. The molecule has 1 aliphatic rings. The summed E-state index contributed by atoms with van der Waals surface area (Å²) in [6, 6.07) is 13.7. The highest BCUT2D eigenvalue weighted by atomic mass is 16.5. The van der Waals surface area contributed by atoms with Crippen molar-refractivity contribution in [2.45, 2.75) is 20.0 Å². The van der Waals surface area contributed by atoms with E-state index in [9.17, 15) is 4.79 Å². The SMILES string of the molecule is Cc1noc2nc(-c3ccco3)cc(C(=O)NCc3cccc(CN4CCN(C)CC4)c3)c12. The Bertz CT molecular complexity index is 1260. The molecule has 4 heterocycles. The number of rotatable bonds is 6. The number of carbonyl (C=O) groups is 1. The minimum atomic E-state index is -0.203. The Morgan fingerprint density at radius 2 is 1.91 bits per heavy atom. The van der Waals surface area contributed by atoms with Gasteiger partial charge < -0.3 is 19.2 Å². The Kier molecular flexibility index (Phi) is 5.93. The van der Waals surface area contributed by atoms with Crippen LogP contribution in [0.5, 0.6) is 0 Å². The standard InChI is InChI=1S/C25H27N5O3/c1-17-23-20(14-21(22-7-4-12-32-22)27-25(23)33-28-17)24(31)26-15-18-5-3-6-19(13-18)16-30-10-8-29(2)9-11-30/h3-7,12-14H,8-11,15-16H2,1-2H3,(H,26,31). The first-order valence-corrected chi connectivity index (χ1v) is 11.1. The number of pyridine rings is 1. The van der Waals surface area contributed by atoms with Crippen molar-refractivity contribution < 1.29 is 13.7 Å². The van der Waals surface area contributed by atoms with E-state index >= 15 is 0 Å². The molecule has 1 aromatic carbocycles. The first-order chi connectivity index (χ1) is 16.1. The van der Waals surface area contributed by atoms with E-state index in [-0.39, 0.29) is 5.91 Å². The van der Waals surface area contributed by atoms with Crippen molar-refractivity contribution in [3.8, 4) is 11.5 Å². The molecule has 1 fully saturated rings. The van der Waals surface area contributed by atoms with Gasteiger partial charge in [-0.2, -0.15) is 0 Å². The van der Waals surface area contributed by atoms with Gasteiger partial charge in [-0.15, -0.1) is 0 Å². The second-order valence-corrected chi connectivity index (χ2v) is 8.56. The van der Waals surface area contributed by atoms with Crippen LogP contribution in [0.1, 0.15) is 27.2 Å². The molecule has 8 heteroatoms. The van der Waals surface area contributed by atoms with Crippen molar-refractivity contribution in [1.82, 2.24) is 25.3 Å². The fourth-order valence-corrected chi connectivity index (χ4v) is 4.20. The maximum atomic E-state index is 13.2. The van der Waals surface area contributed by atoms with Gasteiger partial charge >= 0.3 is 0 Å². The molecule has 1 saturated heterocycles. The molecule has 33 heavy (non-hydrogen) atoms. The molecule has 1 aliphatic heterocycles. The normalized spacial score (nSPS) is 15.2. The quantitative estimate of drug-likeness (QED) is 0.486. The Balaban J connectivity index is 1.32. The molecule has 8 nitrogen and oxygen atoms in total. The molecule has 4 aromatic rings. The summed E-state index contributed by atoms with van der Waals surface area (Å²) in [7, 11) is 2.16. The van der Waals surface area contributed by atoms with Crippen molar-refractivity contribution in [3.63, 3.8) is 0 Å². The van der Waals surface area contributed by atoms with Gasteiger partial charge in [-0.25, -0.2) is 4.98 Å². The second kappa shape index (κ2) is 9.17. The zero-order valence-electron chi connectivity index (χ0n) is 18.9. The smallest absolute Gasteiger partial charge is 0.259 e. The summed E-state index contributed by atoms with van der Waals surface area (Å²) in [5, 5.41) is 7.66. The number of piperazine rings is 1. The van der Waals surface area contributed by atoms with Gasteiger partial charge in [0.15, 0.2) is 5.76 Å². The molecule has 1 amide bonds. The predicted octanol–water partition coefficient (Wildman–Crippen LogP) is 3.47. The Morgan fingerprint density at radius 1 is 1.09 bits per heavy atom. The number of benzene rings is 1. The van der Waals surface area contributed by atoms with Crippen molar-refractivity contribution >= 4 is 17.0 Å². The molecule has 1 N–H and O–H groups in total. The van der Waals surface area contributed by atoms with E-state index in [2.05, 4.69) is 50.5 Å². The highest BCUT2D eigenvalue weighted by Gasteiger charge is 2.20. The summed E-state index contributed by atoms with van der Waals surface area (Å²) in [5.74, 6) is 0.364. The van der Waals surface area contributed by atoms with E-state index < -0.39 is 0 Å². The van der Waals surface area contributed by atoms with Crippen molar-refractivity contribution in [3.05, 3.63) is 71.1 Å². The minimum absolute atomic E-state index is 0.203. The van der Waals surface area contributed by atoms with Gasteiger partial charge in [-0.3, -0.25) is 9.69 Å². The number of amides is 1. The average molecular weight is 446 g/mol. The van der Waals surface area contributed by atoms with Crippen LogP contribution in [0.15, 0.2) is 57.7 Å². The number of hydrogen-bond acceptors (Lipinski definition) is 7. The summed E-state index contributed by atoms with van der Waals surface area (Å²) in [4.78, 5) is 22.5. The zero-order chi connectivity index (χ0) is 22.8. The number of carbonyl (C=O) groups excluding carboxylic acids is 1. The van der Waals surface area contributed by atoms with Gasteiger partial charge in [0.2, 0.25) is 0 Å². The van der Waals surface area contributed by atoms with E-state index in [1.807, 2.05) is 6.07 Å². The van der Waals surface area contributed by atoms with Gasteiger partial charge in [0.1, 0.15) is 5.69 Å². The highest BCUT2D eigenvalue weighted by molar-refractivity contribution is 6.06. The second-order valence-electron chi connectivity index (χ2n) is 8.56. The summed E-state index contributed by atoms with van der Waals surface area (Å²) < 4.78 is 10.8. The summed E-state index contributed by atoms with van der Waals surface area (Å²) in [6.07, 6.45) is 1.57. The molecular formula is C25H27N5O3. The molecule has 5 rings (SSSR count). The number of furan rings is 1. The lowest BCUT2D eigenvalue weighted by Crippen LogP contribution is -2.43. The average Bonchev–Trinajstić information content (AvgIpc) is 3.49. The molecule has 0 atom stereocenters. The first kappa shape index (κ1) is 21.4. The largest absolute Gasteiger partial charge is 0.463 e. The van der Waals surface area contributed by atoms with Crippen molar-refractivity contribution in [2.24, 2.45) is 0 Å². The number of fused-ring (bicyclic) bond motifs is 1. The van der Waals surface area contributed by atoms with Crippen LogP contribution < -0.4 is 5.32 Å². The lowest BCUT2D eigenvalue weighted by molar-refractivity contribution is 0.0952. The number of hydrogen-bond donors (Lipinski definition) is 1. The number of nitrogens with zero attached hydrogens (tertiary/aromatic N) is 4. The molecule has 0 spiro atoms. The van der Waals surface area contributed by atoms with Crippen LogP contribution in [-0.2, 0) is 13.1 Å². The fraction of sp³-hybridized carbons (Fsp3) is 0.320. The Hall–Kier alpha value is -3.49. The van der Waals surface area contributed by atoms with E-state index in [0.29, 0.717) is 40.4 Å². The first-order valence-electron chi connectivity index (χ1n) is 11.1. The molecule has 170 valence electrons. The van der Waals surface area contributed by atoms with E-state index in [1.54, 1.807) is 31.4 Å². The molecule has 0 saturated carbocycles. The van der Waals surface area contributed by atoms with Crippen LogP contribution in [0, 0.1) is 6.92 Å². The van der Waals surface area contributed by atoms with Crippen molar-refractivity contribution in [2.75, 3.05) is 33.2 Å². The highest BCUT2D eigenvalue weighted by Crippen LogP contribution is 2.27. The molecular weight excluding hydrogens is 418 g/mol. The Labute approximate surface area is 192 Å². The summed E-state index contributed by atoms with van der Waals surface area (Å²) in [5.41, 5.74) is 4.27. The Morgan fingerprint density at radius 3 is 2.70 bits per heavy atom. The van der Waals surface area contributed by atoms with E-state index in [0.717, 1.165) is 38.3 Å². The number of likely N-dealkylation sites (N-methyl/N-ethyl adjacent to an activating group) is 1. The van der Waals surface area contributed by atoms with E-state index in [1.165, 1.54) is 5.56 Å². The van der Waals surface area contributed by atoms with Gasteiger partial charge in [0, 0.05) is 39.3 Å². The van der Waals surface area contributed by atoms with Gasteiger partial charge in [-0.05, 0) is 43.3 Å². The molecule has 0 radical (unpaired) electrons. The molecule has 0 unspecified atom stereocenters. The number of aromatic nitrogens is 2. The monoisotopic (exact) mass is 445 g/mol. The van der Waals surface area contributed by atoms with Crippen LogP contribution in [-0.4, -0.2) is 59.1 Å². The van der Waals surface area contributed by atoms with Crippen LogP contribution in [0.2, 0.25) is 0 Å². The van der Waals surface area contributed by atoms with Gasteiger partial charge in [0.25, 0.3) is 11.6 Å². The predicted molar refractivity (Wildman–Crippen MR) is 125 cm³/mol. The molecule has 3 aromatic heterocycles. The third-order valence-electron chi connectivity index (χ3n) is 6.08. The topological polar surface area (TPSA) is 87.6 Å². The van der Waals surface area contributed by atoms with Crippen LogP contribution in [0.3, 0.4) is 0 Å². The van der Waals surface area contributed by atoms with Gasteiger partial charge in [-0.1, -0.05) is 29.4 Å². The van der Waals surface area contributed by atoms with Crippen LogP contribution in [0.25, 0.3) is 22.6 Å². The van der Waals surface area contributed by atoms with Crippen molar-refractivity contribution in [1.29, 1.82) is 0 Å². The lowest BCUT2D eigenvalue weighted by Gasteiger charge is -2.32. The van der Waals surface area contributed by atoms with Crippen LogP contribution in [0.4, 0.5) is 0 Å². The maximum absolute atomic E-state index is 13.2. The third-order valence-corrected chi connectivity index (χ3v) is 6.08. The number of aryl methyl sites for hydroxylation is 1. The summed E-state index contributed by atoms with van der Waals surface area (Å²) >= 11 is 0. The van der Waals surface area contributed by atoms with Crippen LogP contribution >= 0.6 is 0 Å². The van der Waals surface area contributed by atoms with E-state index in [4.69, 9.17) is 8.94 Å². The minimum Gasteiger partial charge on any atom is -0.463 e.